The van der Waals surface area contributed by atoms with Crippen molar-refractivity contribution in [1.82, 2.24) is 0 Å². The summed E-state index contributed by atoms with van der Waals surface area (Å²) in [6.07, 6.45) is -1.89. The van der Waals surface area contributed by atoms with Crippen LogP contribution in [0.1, 0.15) is 89.9 Å². The number of ether oxygens (including phenoxy) is 5. The lowest BCUT2D eigenvalue weighted by Crippen LogP contribution is -2.33. The number of phenolic OH excluding ortho intramolecular Hbond substituents is 2. The molecule has 226 valence electrons. The van der Waals surface area contributed by atoms with E-state index in [4.69, 9.17) is 23.7 Å². The lowest BCUT2D eigenvalue weighted by Gasteiger charge is -2.26. The standard InChI is InChI=1S/C32H44O9/c1-11-39-29(35)23-24(30(36)40-12-2)28(18-14-20(32(6,7)8)26(34)22(16-18)38-10)41-27(23)17-13-19(31(3,4)5)25(33)21(15-17)37-9/h13-16,23-24,27-28,33-34H,11-12H2,1-10H3/t23-,24-,27-,28+/m0/s1. The zero-order valence-corrected chi connectivity index (χ0v) is 25.8. The molecule has 0 aliphatic carbocycles. The summed E-state index contributed by atoms with van der Waals surface area (Å²) >= 11 is 0. The number of esters is 2. The van der Waals surface area contributed by atoms with Crippen molar-refractivity contribution in [3.8, 4) is 23.0 Å². The van der Waals surface area contributed by atoms with Crippen LogP contribution in [-0.2, 0) is 34.6 Å². The van der Waals surface area contributed by atoms with Crippen molar-refractivity contribution in [2.24, 2.45) is 11.8 Å². The molecule has 3 rings (SSSR count). The zero-order valence-electron chi connectivity index (χ0n) is 25.8. The lowest BCUT2D eigenvalue weighted by atomic mass is 9.79. The van der Waals surface area contributed by atoms with E-state index in [1.54, 1.807) is 38.1 Å². The Morgan fingerprint density at radius 3 is 1.32 bits per heavy atom. The van der Waals surface area contributed by atoms with Crippen molar-refractivity contribution in [2.45, 2.75) is 78.4 Å². The first-order valence-corrected chi connectivity index (χ1v) is 13.9. The molecule has 41 heavy (non-hydrogen) atoms. The number of rotatable bonds is 8. The monoisotopic (exact) mass is 572 g/mol. The highest BCUT2D eigenvalue weighted by Gasteiger charge is 2.55. The van der Waals surface area contributed by atoms with E-state index in [0.29, 0.717) is 22.3 Å². The molecule has 9 heteroatoms. The normalized spacial score (nSPS) is 20.9. The average molecular weight is 573 g/mol. The summed E-state index contributed by atoms with van der Waals surface area (Å²) < 4.78 is 28.5. The van der Waals surface area contributed by atoms with Gasteiger partial charge in [-0.15, -0.1) is 0 Å². The van der Waals surface area contributed by atoms with E-state index in [0.717, 1.165) is 0 Å². The predicted molar refractivity (Wildman–Crippen MR) is 154 cm³/mol. The molecule has 1 heterocycles. The molecule has 1 saturated heterocycles. The Bertz CT molecular complexity index is 1170. The molecule has 1 aliphatic heterocycles. The molecular weight excluding hydrogens is 528 g/mol. The maximum Gasteiger partial charge on any atom is 0.312 e. The number of hydrogen-bond donors (Lipinski definition) is 2. The Labute approximate surface area is 242 Å². The van der Waals surface area contributed by atoms with Crippen LogP contribution in [0.3, 0.4) is 0 Å². The highest BCUT2D eigenvalue weighted by molar-refractivity contribution is 5.84. The molecule has 0 saturated carbocycles. The second kappa shape index (κ2) is 12.2. The maximum atomic E-state index is 13.6. The topological polar surface area (TPSA) is 121 Å². The number of carbonyl (C=O) groups is 2. The Kier molecular flexibility index (Phi) is 9.53. The van der Waals surface area contributed by atoms with Gasteiger partial charge in [-0.1, -0.05) is 41.5 Å². The van der Waals surface area contributed by atoms with Gasteiger partial charge in [0.1, 0.15) is 11.8 Å². The van der Waals surface area contributed by atoms with Gasteiger partial charge in [-0.3, -0.25) is 9.59 Å². The summed E-state index contributed by atoms with van der Waals surface area (Å²) in [6.45, 7) is 15.3. The van der Waals surface area contributed by atoms with Crippen LogP contribution < -0.4 is 9.47 Å². The lowest BCUT2D eigenvalue weighted by molar-refractivity contribution is -0.159. The molecular formula is C32H44O9. The second-order valence-electron chi connectivity index (χ2n) is 12.3. The molecule has 2 N–H and O–H groups in total. The maximum absolute atomic E-state index is 13.6. The molecule has 4 atom stereocenters. The highest BCUT2D eigenvalue weighted by Crippen LogP contribution is 2.54. The Morgan fingerprint density at radius 1 is 0.707 bits per heavy atom. The summed E-state index contributed by atoms with van der Waals surface area (Å²) in [7, 11) is 2.90. The van der Waals surface area contributed by atoms with E-state index in [1.807, 2.05) is 41.5 Å². The molecule has 0 amide bonds. The van der Waals surface area contributed by atoms with E-state index in [2.05, 4.69) is 0 Å². The summed E-state index contributed by atoms with van der Waals surface area (Å²) in [4.78, 5) is 27.2. The van der Waals surface area contributed by atoms with Gasteiger partial charge in [0, 0.05) is 11.1 Å². The number of aromatic hydroxyl groups is 2. The molecule has 9 nitrogen and oxygen atoms in total. The van der Waals surface area contributed by atoms with Crippen LogP contribution in [0.5, 0.6) is 23.0 Å². The molecule has 0 bridgehead atoms. The van der Waals surface area contributed by atoms with E-state index in [1.165, 1.54) is 14.2 Å². The largest absolute Gasteiger partial charge is 0.504 e. The molecule has 2 aromatic rings. The molecule has 0 radical (unpaired) electrons. The Balaban J connectivity index is 2.33. The summed E-state index contributed by atoms with van der Waals surface area (Å²) in [5, 5.41) is 21.8. The van der Waals surface area contributed by atoms with Crippen LogP contribution in [0.2, 0.25) is 0 Å². The Hall–Kier alpha value is -3.46. The SMILES string of the molecule is CCOC(=O)[C@H]1[C@H](C(=O)OCC)[C@H](c2cc(OC)c(O)c(C(C)(C)C)c2)O[C@@H]1c1cc(OC)c(O)c(C(C)(C)C)c1. The van der Waals surface area contributed by atoms with Crippen molar-refractivity contribution in [3.05, 3.63) is 46.5 Å². The predicted octanol–water partition coefficient (Wildman–Crippen LogP) is 5.88. The van der Waals surface area contributed by atoms with Crippen molar-refractivity contribution in [2.75, 3.05) is 27.4 Å². The van der Waals surface area contributed by atoms with Crippen LogP contribution in [0.25, 0.3) is 0 Å². The summed E-state index contributed by atoms with van der Waals surface area (Å²) in [6, 6.07) is 6.78. The van der Waals surface area contributed by atoms with Gasteiger partial charge in [0.05, 0.1) is 39.6 Å². The van der Waals surface area contributed by atoms with Crippen LogP contribution >= 0.6 is 0 Å². The minimum absolute atomic E-state index is 0.00832. The van der Waals surface area contributed by atoms with E-state index >= 15 is 0 Å². The van der Waals surface area contributed by atoms with Gasteiger partial charge in [-0.2, -0.15) is 0 Å². The fourth-order valence-corrected chi connectivity index (χ4v) is 5.33. The summed E-state index contributed by atoms with van der Waals surface area (Å²) in [5.41, 5.74) is 1.32. The first-order chi connectivity index (χ1) is 19.1. The molecule has 0 unspecified atom stereocenters. The number of benzene rings is 2. The van der Waals surface area contributed by atoms with Gasteiger partial charge < -0.3 is 33.9 Å². The molecule has 0 spiro atoms. The van der Waals surface area contributed by atoms with Gasteiger partial charge in [0.25, 0.3) is 0 Å². The third kappa shape index (κ3) is 6.40. The minimum Gasteiger partial charge on any atom is -0.504 e. The van der Waals surface area contributed by atoms with Gasteiger partial charge in [-0.25, -0.2) is 0 Å². The first kappa shape index (κ1) is 32.1. The molecule has 1 fully saturated rings. The van der Waals surface area contributed by atoms with Crippen molar-refractivity contribution >= 4 is 11.9 Å². The van der Waals surface area contributed by atoms with Gasteiger partial charge >= 0.3 is 11.9 Å². The summed E-state index contributed by atoms with van der Waals surface area (Å²) in [5.74, 6) is -2.93. The third-order valence-electron chi connectivity index (χ3n) is 7.36. The van der Waals surface area contributed by atoms with Gasteiger partial charge in [-0.05, 0) is 60.1 Å². The van der Waals surface area contributed by atoms with E-state index < -0.39 is 46.8 Å². The molecule has 1 aliphatic rings. The second-order valence-corrected chi connectivity index (χ2v) is 12.3. The van der Waals surface area contributed by atoms with E-state index in [9.17, 15) is 19.8 Å². The third-order valence-corrected chi connectivity index (χ3v) is 7.36. The van der Waals surface area contributed by atoms with Crippen LogP contribution in [0.15, 0.2) is 24.3 Å². The highest BCUT2D eigenvalue weighted by atomic mass is 16.6. The van der Waals surface area contributed by atoms with E-state index in [-0.39, 0.29) is 36.2 Å². The average Bonchev–Trinajstić information content (AvgIpc) is 3.29. The quantitative estimate of drug-likeness (QED) is 0.374. The van der Waals surface area contributed by atoms with Crippen LogP contribution in [-0.4, -0.2) is 49.6 Å². The van der Waals surface area contributed by atoms with Gasteiger partial charge in [0.2, 0.25) is 0 Å². The number of phenols is 2. The zero-order chi connectivity index (χ0) is 30.9. The molecule has 0 aromatic heterocycles. The fraction of sp³-hybridized carbons (Fsp3) is 0.562. The van der Waals surface area contributed by atoms with Crippen molar-refractivity contribution in [1.29, 1.82) is 0 Å². The first-order valence-electron chi connectivity index (χ1n) is 13.9. The number of methoxy groups -OCH3 is 2. The number of hydrogen-bond acceptors (Lipinski definition) is 9. The van der Waals surface area contributed by atoms with Crippen molar-refractivity contribution in [3.63, 3.8) is 0 Å². The fourth-order valence-electron chi connectivity index (χ4n) is 5.33. The number of carbonyl (C=O) groups excluding carboxylic acids is 2. The molecule has 2 aromatic carbocycles. The van der Waals surface area contributed by atoms with Crippen LogP contribution in [0, 0.1) is 11.8 Å². The van der Waals surface area contributed by atoms with Crippen LogP contribution in [0.4, 0.5) is 0 Å². The minimum atomic E-state index is -1.07. The smallest absolute Gasteiger partial charge is 0.312 e. The van der Waals surface area contributed by atoms with Crippen molar-refractivity contribution < 1.29 is 43.5 Å². The Morgan fingerprint density at radius 2 is 1.05 bits per heavy atom. The van der Waals surface area contributed by atoms with Gasteiger partial charge in [0.15, 0.2) is 23.0 Å².